The van der Waals surface area contributed by atoms with Crippen LogP contribution in [-0.4, -0.2) is 89.6 Å². The minimum absolute atomic E-state index is 0.0170. The van der Waals surface area contributed by atoms with Crippen LogP contribution in [-0.2, 0) is 4.74 Å². The number of hydrogen-bond acceptors (Lipinski definition) is 7. The van der Waals surface area contributed by atoms with Gasteiger partial charge in [0.1, 0.15) is 23.3 Å². The molecule has 10 heteroatoms. The van der Waals surface area contributed by atoms with E-state index in [1.807, 2.05) is 35.2 Å². The Labute approximate surface area is 229 Å². The molecule has 206 valence electrons. The quantitative estimate of drug-likeness (QED) is 0.208. The number of benzene rings is 1. The molecule has 9 nitrogen and oxygen atoms in total. The van der Waals surface area contributed by atoms with E-state index in [1.54, 1.807) is 24.4 Å². The number of likely N-dealkylation sites (tertiary alicyclic amines) is 1. The fourth-order valence-electron chi connectivity index (χ4n) is 5.25. The molecule has 2 fully saturated rings. The minimum Gasteiger partial charge on any atom is -0.379 e. The van der Waals surface area contributed by atoms with Crippen LogP contribution in [0.5, 0.6) is 0 Å². The highest BCUT2D eigenvalue weighted by Gasteiger charge is 2.27. The van der Waals surface area contributed by atoms with Crippen molar-refractivity contribution in [1.82, 2.24) is 24.8 Å². The Morgan fingerprint density at radius 2 is 1.97 bits per heavy atom. The van der Waals surface area contributed by atoms with E-state index in [2.05, 4.69) is 19.8 Å². The summed E-state index contributed by atoms with van der Waals surface area (Å²) in [6.45, 7) is 7.36. The summed E-state index contributed by atoms with van der Waals surface area (Å²) in [5.74, 6) is 1.77. The lowest BCUT2D eigenvalue weighted by Crippen LogP contribution is -2.47. The molecule has 2 aromatic heterocycles. The van der Waals surface area contributed by atoms with Gasteiger partial charge in [0, 0.05) is 45.8 Å². The number of aromatic nitrogens is 3. The van der Waals surface area contributed by atoms with Gasteiger partial charge in [0.25, 0.3) is 0 Å². The number of nitrogens with one attached hydrogen (secondary N) is 2. The maximum Gasteiger partial charge on any atom is 0.130 e. The van der Waals surface area contributed by atoms with Crippen molar-refractivity contribution in [2.24, 2.45) is 5.73 Å². The third-order valence-corrected chi connectivity index (χ3v) is 7.31. The van der Waals surface area contributed by atoms with Crippen LogP contribution in [0.2, 0.25) is 0 Å². The fourth-order valence-corrected chi connectivity index (χ4v) is 5.25. The molecule has 0 unspecified atom stereocenters. The van der Waals surface area contributed by atoms with Crippen molar-refractivity contribution < 1.29 is 9.13 Å². The van der Waals surface area contributed by atoms with Crippen LogP contribution < -0.4 is 10.6 Å². The first-order valence-electron chi connectivity index (χ1n) is 13.7. The van der Waals surface area contributed by atoms with Crippen molar-refractivity contribution in [3.05, 3.63) is 71.9 Å². The maximum atomic E-state index is 13.8. The second-order valence-electron chi connectivity index (χ2n) is 9.92. The van der Waals surface area contributed by atoms with E-state index < -0.39 is 0 Å². The van der Waals surface area contributed by atoms with Crippen LogP contribution in [0.1, 0.15) is 30.3 Å². The van der Waals surface area contributed by atoms with Crippen molar-refractivity contribution in [2.75, 3.05) is 63.9 Å². The summed E-state index contributed by atoms with van der Waals surface area (Å²) in [5.41, 5.74) is 8.06. The number of imidazole rings is 1. The number of ether oxygens (including phenoxy) is 1. The Morgan fingerprint density at radius 1 is 1.13 bits per heavy atom. The Bertz CT molecular complexity index is 1270. The number of pyridine rings is 1. The van der Waals surface area contributed by atoms with Gasteiger partial charge in [0.2, 0.25) is 0 Å². The molecule has 2 aliphatic heterocycles. The highest BCUT2D eigenvalue weighted by atomic mass is 19.1. The standard InChI is InChI=1S/C29H37FN8O/c30-23-5-1-4-22(20-23)26-7-3-12-38(26)27(32)9-10-28-33-21-25(34-28)24-6-2-8-29(35-24)37-15-13-36(14-16-37)17-19-39-18-11-31/h1-2,4-6,8-10,20-21,26,32H,3,7,11-19,31H2,(H,33,34)/b10-9-,32-27?/t26-/m1/s1. The number of rotatable bonds is 10. The molecular formula is C29H37FN8O. The van der Waals surface area contributed by atoms with Crippen molar-refractivity contribution in [3.8, 4) is 11.4 Å². The van der Waals surface area contributed by atoms with Gasteiger partial charge in [-0.25, -0.2) is 14.4 Å². The number of aromatic amines is 1. The predicted octanol–water partition coefficient (Wildman–Crippen LogP) is 3.54. The number of amidine groups is 1. The van der Waals surface area contributed by atoms with E-state index in [9.17, 15) is 4.39 Å². The van der Waals surface area contributed by atoms with Gasteiger partial charge >= 0.3 is 0 Å². The number of halogens is 1. The van der Waals surface area contributed by atoms with Gasteiger partial charge in [-0.3, -0.25) is 10.3 Å². The number of nitrogens with zero attached hydrogens (tertiary/aromatic N) is 5. The van der Waals surface area contributed by atoms with E-state index in [0.717, 1.165) is 74.9 Å². The Hall–Kier alpha value is -3.60. The van der Waals surface area contributed by atoms with Gasteiger partial charge in [-0.2, -0.15) is 0 Å². The average molecular weight is 533 g/mol. The Balaban J connectivity index is 1.18. The van der Waals surface area contributed by atoms with Crippen LogP contribution in [0.3, 0.4) is 0 Å². The van der Waals surface area contributed by atoms with E-state index in [1.165, 1.54) is 6.07 Å². The van der Waals surface area contributed by atoms with E-state index in [4.69, 9.17) is 20.9 Å². The zero-order valence-corrected chi connectivity index (χ0v) is 22.2. The molecule has 0 spiro atoms. The zero-order valence-electron chi connectivity index (χ0n) is 22.2. The highest BCUT2D eigenvalue weighted by Crippen LogP contribution is 2.32. The molecular weight excluding hydrogens is 495 g/mol. The lowest BCUT2D eigenvalue weighted by atomic mass is 10.0. The molecule has 0 aliphatic carbocycles. The molecule has 1 atom stereocenters. The average Bonchev–Trinajstić information content (AvgIpc) is 3.65. The maximum absolute atomic E-state index is 13.8. The molecule has 5 rings (SSSR count). The van der Waals surface area contributed by atoms with Gasteiger partial charge in [-0.15, -0.1) is 0 Å². The van der Waals surface area contributed by atoms with E-state index in [-0.39, 0.29) is 11.9 Å². The fraction of sp³-hybridized carbons (Fsp3) is 0.414. The topological polar surface area (TPSA) is 110 Å². The van der Waals surface area contributed by atoms with Gasteiger partial charge in [0.05, 0.1) is 36.8 Å². The molecule has 2 aliphatic rings. The molecule has 39 heavy (non-hydrogen) atoms. The summed E-state index contributed by atoms with van der Waals surface area (Å²) in [7, 11) is 0. The molecule has 2 saturated heterocycles. The monoisotopic (exact) mass is 532 g/mol. The first kappa shape index (κ1) is 27.0. The summed E-state index contributed by atoms with van der Waals surface area (Å²) in [6.07, 6.45) is 7.23. The Morgan fingerprint density at radius 3 is 2.79 bits per heavy atom. The van der Waals surface area contributed by atoms with Gasteiger partial charge < -0.3 is 25.3 Å². The Kier molecular flexibility index (Phi) is 8.97. The molecule has 4 N–H and O–H groups in total. The molecule has 3 aromatic rings. The molecule has 1 aromatic carbocycles. The molecule has 0 bridgehead atoms. The number of hydrogen-bond donors (Lipinski definition) is 3. The lowest BCUT2D eigenvalue weighted by molar-refractivity contribution is 0.107. The summed E-state index contributed by atoms with van der Waals surface area (Å²) in [4.78, 5) is 19.4. The molecule has 0 amide bonds. The second kappa shape index (κ2) is 13.0. The van der Waals surface area contributed by atoms with Crippen LogP contribution >= 0.6 is 0 Å². The van der Waals surface area contributed by atoms with Crippen molar-refractivity contribution >= 4 is 17.7 Å². The van der Waals surface area contributed by atoms with Crippen molar-refractivity contribution in [3.63, 3.8) is 0 Å². The van der Waals surface area contributed by atoms with Crippen molar-refractivity contribution in [2.45, 2.75) is 18.9 Å². The lowest BCUT2D eigenvalue weighted by Gasteiger charge is -2.35. The normalized spacial score (nSPS) is 18.4. The molecule has 4 heterocycles. The van der Waals surface area contributed by atoms with Crippen LogP contribution in [0.4, 0.5) is 10.2 Å². The van der Waals surface area contributed by atoms with Gasteiger partial charge in [-0.1, -0.05) is 18.2 Å². The summed E-state index contributed by atoms with van der Waals surface area (Å²) >= 11 is 0. The van der Waals surface area contributed by atoms with Gasteiger partial charge in [0.15, 0.2) is 0 Å². The first-order valence-corrected chi connectivity index (χ1v) is 13.7. The number of H-pyrrole nitrogens is 1. The number of nitrogens with two attached hydrogens (primary N) is 1. The smallest absolute Gasteiger partial charge is 0.130 e. The van der Waals surface area contributed by atoms with E-state index >= 15 is 0 Å². The van der Waals surface area contributed by atoms with Gasteiger partial charge in [-0.05, 0) is 54.8 Å². The van der Waals surface area contributed by atoms with Crippen LogP contribution in [0.25, 0.3) is 17.5 Å². The first-order chi connectivity index (χ1) is 19.1. The summed E-state index contributed by atoms with van der Waals surface area (Å²) in [6, 6.07) is 12.8. The third-order valence-electron chi connectivity index (χ3n) is 7.31. The molecule has 0 radical (unpaired) electrons. The zero-order chi connectivity index (χ0) is 27.0. The SMILES string of the molecule is N=C(/C=C\c1ncc(-c2cccc(N3CCN(CCOCCN)CC3)n2)[nH]1)N1CCC[C@@H]1c1cccc(F)c1. The second-order valence-corrected chi connectivity index (χ2v) is 9.92. The number of anilines is 1. The van der Waals surface area contributed by atoms with Crippen molar-refractivity contribution in [1.29, 1.82) is 5.41 Å². The van der Waals surface area contributed by atoms with Crippen LogP contribution in [0, 0.1) is 11.2 Å². The van der Waals surface area contributed by atoms with Crippen LogP contribution in [0.15, 0.2) is 54.7 Å². The molecule has 0 saturated carbocycles. The number of piperazine rings is 1. The third kappa shape index (κ3) is 6.89. The summed E-state index contributed by atoms with van der Waals surface area (Å²) in [5, 5.41) is 8.62. The van der Waals surface area contributed by atoms with E-state index in [0.29, 0.717) is 31.4 Å². The predicted molar refractivity (Wildman–Crippen MR) is 152 cm³/mol. The summed E-state index contributed by atoms with van der Waals surface area (Å²) < 4.78 is 19.3. The minimum atomic E-state index is -0.242. The highest BCUT2D eigenvalue weighted by molar-refractivity contribution is 5.94. The largest absolute Gasteiger partial charge is 0.379 e.